The third kappa shape index (κ3) is 3.66. The van der Waals surface area contributed by atoms with Crippen LogP contribution in [0.3, 0.4) is 0 Å². The van der Waals surface area contributed by atoms with Gasteiger partial charge in [0.2, 0.25) is 6.29 Å². The summed E-state index contributed by atoms with van der Waals surface area (Å²) in [5.41, 5.74) is 1.10. The third-order valence-corrected chi connectivity index (χ3v) is 5.23. The number of phenolic OH excluding ortho intramolecular Hbond substituents is 1. The van der Waals surface area contributed by atoms with Crippen molar-refractivity contribution < 1.29 is 33.9 Å². The summed E-state index contributed by atoms with van der Waals surface area (Å²) in [4.78, 5) is 12.9. The van der Waals surface area contributed by atoms with E-state index in [1.165, 1.54) is 25.5 Å². The van der Waals surface area contributed by atoms with E-state index in [1.807, 2.05) is 0 Å². The SMILES string of the molecule is CO[C@@H]1[C@H](Oc2ccc3c(=O)c(-c4ccc(O)cc4)coc3c2)O[C@@H](C)[C@H](O)[C@H]1O. The Bertz CT molecular complexity index is 1090. The number of fused-ring (bicyclic) bond motifs is 1. The molecule has 8 nitrogen and oxygen atoms in total. The molecule has 3 N–H and O–H groups in total. The highest BCUT2D eigenvalue weighted by molar-refractivity contribution is 5.82. The van der Waals surface area contributed by atoms with Gasteiger partial charge in [0.25, 0.3) is 0 Å². The molecule has 1 aliphatic rings. The number of hydrogen-bond acceptors (Lipinski definition) is 8. The van der Waals surface area contributed by atoms with E-state index in [4.69, 9.17) is 18.6 Å². The summed E-state index contributed by atoms with van der Waals surface area (Å²) in [5, 5.41) is 30.0. The fraction of sp³-hybridized carbons (Fsp3) is 0.318. The smallest absolute Gasteiger partial charge is 0.229 e. The van der Waals surface area contributed by atoms with Crippen molar-refractivity contribution in [3.05, 3.63) is 59.0 Å². The summed E-state index contributed by atoms with van der Waals surface area (Å²) in [6, 6.07) is 11.0. The molecule has 0 aliphatic carbocycles. The van der Waals surface area contributed by atoms with Gasteiger partial charge in [0.05, 0.1) is 17.1 Å². The van der Waals surface area contributed by atoms with Gasteiger partial charge in [0.1, 0.15) is 41.7 Å². The van der Waals surface area contributed by atoms with Crippen LogP contribution >= 0.6 is 0 Å². The Balaban J connectivity index is 1.63. The zero-order valence-electron chi connectivity index (χ0n) is 16.4. The molecule has 0 spiro atoms. The van der Waals surface area contributed by atoms with Crippen LogP contribution in [0.1, 0.15) is 6.92 Å². The van der Waals surface area contributed by atoms with Crippen molar-refractivity contribution in [2.24, 2.45) is 0 Å². The Kier molecular flexibility index (Phi) is 5.48. The van der Waals surface area contributed by atoms with Crippen LogP contribution in [-0.4, -0.2) is 53.1 Å². The van der Waals surface area contributed by atoms with Crippen molar-refractivity contribution in [1.29, 1.82) is 0 Å². The van der Waals surface area contributed by atoms with Crippen molar-refractivity contribution in [3.8, 4) is 22.6 Å². The zero-order chi connectivity index (χ0) is 21.4. The molecule has 1 saturated heterocycles. The average Bonchev–Trinajstić information content (AvgIpc) is 2.73. The van der Waals surface area contributed by atoms with E-state index in [9.17, 15) is 20.1 Å². The lowest BCUT2D eigenvalue weighted by Crippen LogP contribution is -2.59. The van der Waals surface area contributed by atoms with Gasteiger partial charge in [-0.3, -0.25) is 4.79 Å². The molecule has 1 aromatic heterocycles. The first-order valence-electron chi connectivity index (χ1n) is 9.45. The van der Waals surface area contributed by atoms with Gasteiger partial charge in [-0.2, -0.15) is 0 Å². The highest BCUT2D eigenvalue weighted by Crippen LogP contribution is 2.28. The molecule has 2 aromatic carbocycles. The molecule has 1 aliphatic heterocycles. The molecule has 0 saturated carbocycles. The van der Waals surface area contributed by atoms with Crippen molar-refractivity contribution in [1.82, 2.24) is 0 Å². The molecule has 4 rings (SSSR count). The van der Waals surface area contributed by atoms with Crippen LogP contribution in [-0.2, 0) is 9.47 Å². The maximum Gasteiger partial charge on any atom is 0.229 e. The first kappa shape index (κ1) is 20.4. The second-order valence-electron chi connectivity index (χ2n) is 7.19. The third-order valence-electron chi connectivity index (χ3n) is 5.23. The normalized spacial score (nSPS) is 26.6. The van der Waals surface area contributed by atoms with Crippen LogP contribution in [0, 0.1) is 0 Å². The summed E-state index contributed by atoms with van der Waals surface area (Å²) >= 11 is 0. The summed E-state index contributed by atoms with van der Waals surface area (Å²) in [6.45, 7) is 1.63. The summed E-state index contributed by atoms with van der Waals surface area (Å²) in [5.74, 6) is 0.461. The zero-order valence-corrected chi connectivity index (χ0v) is 16.4. The molecule has 158 valence electrons. The van der Waals surface area contributed by atoms with Gasteiger partial charge >= 0.3 is 0 Å². The average molecular weight is 414 g/mol. The summed E-state index contributed by atoms with van der Waals surface area (Å²) in [7, 11) is 1.39. The first-order chi connectivity index (χ1) is 14.4. The van der Waals surface area contributed by atoms with Gasteiger partial charge in [-0.1, -0.05) is 12.1 Å². The Morgan fingerprint density at radius 3 is 2.47 bits per heavy atom. The Morgan fingerprint density at radius 1 is 1.03 bits per heavy atom. The quantitative estimate of drug-likeness (QED) is 0.593. The van der Waals surface area contributed by atoms with E-state index in [0.29, 0.717) is 27.8 Å². The largest absolute Gasteiger partial charge is 0.508 e. The standard InChI is InChI=1S/C22H22O8/c1-11-18(24)20(26)21(27-2)22(29-11)30-14-7-8-15-17(9-14)28-10-16(19(15)25)12-3-5-13(23)6-4-12/h3-11,18,20-24,26H,1-2H3/t11-,18-,20+,21-,22-/m0/s1. The lowest BCUT2D eigenvalue weighted by molar-refractivity contribution is -0.274. The topological polar surface area (TPSA) is 119 Å². The molecular weight excluding hydrogens is 392 g/mol. The maximum absolute atomic E-state index is 12.9. The van der Waals surface area contributed by atoms with E-state index in [1.54, 1.807) is 37.3 Å². The van der Waals surface area contributed by atoms with E-state index in [2.05, 4.69) is 0 Å². The number of hydrogen-bond donors (Lipinski definition) is 3. The second kappa shape index (κ2) is 8.08. The van der Waals surface area contributed by atoms with Gasteiger partial charge in [0.15, 0.2) is 5.43 Å². The fourth-order valence-corrected chi connectivity index (χ4v) is 3.50. The minimum atomic E-state index is -1.17. The van der Waals surface area contributed by atoms with E-state index < -0.39 is 30.7 Å². The molecule has 1 fully saturated rings. The predicted molar refractivity (Wildman–Crippen MR) is 107 cm³/mol. The predicted octanol–water partition coefficient (Wildman–Crippen LogP) is 2.03. The molecule has 8 heteroatoms. The van der Waals surface area contributed by atoms with Crippen LogP contribution < -0.4 is 10.2 Å². The van der Waals surface area contributed by atoms with Gasteiger partial charge in [0, 0.05) is 13.2 Å². The molecule has 30 heavy (non-hydrogen) atoms. The molecule has 2 heterocycles. The van der Waals surface area contributed by atoms with E-state index in [-0.39, 0.29) is 11.2 Å². The number of aliphatic hydroxyl groups is 2. The number of methoxy groups -OCH3 is 1. The maximum atomic E-state index is 12.9. The number of ether oxygens (including phenoxy) is 3. The molecular formula is C22H22O8. The van der Waals surface area contributed by atoms with E-state index in [0.717, 1.165) is 0 Å². The minimum Gasteiger partial charge on any atom is -0.508 e. The monoisotopic (exact) mass is 414 g/mol. The Hall–Kier alpha value is -2.91. The minimum absolute atomic E-state index is 0.108. The van der Waals surface area contributed by atoms with Gasteiger partial charge < -0.3 is 33.9 Å². The molecule has 0 radical (unpaired) electrons. The Morgan fingerprint density at radius 2 is 1.77 bits per heavy atom. The number of phenols is 1. The van der Waals surface area contributed by atoms with Crippen molar-refractivity contribution in [2.75, 3.05) is 7.11 Å². The first-order valence-corrected chi connectivity index (χ1v) is 9.45. The van der Waals surface area contributed by atoms with Crippen molar-refractivity contribution >= 4 is 11.0 Å². The molecule has 0 unspecified atom stereocenters. The number of rotatable bonds is 4. The molecule has 0 amide bonds. The van der Waals surface area contributed by atoms with Crippen LogP contribution in [0.2, 0.25) is 0 Å². The number of aromatic hydroxyl groups is 1. The van der Waals surface area contributed by atoms with Gasteiger partial charge in [-0.05, 0) is 36.8 Å². The van der Waals surface area contributed by atoms with E-state index >= 15 is 0 Å². The van der Waals surface area contributed by atoms with Crippen LogP contribution in [0.5, 0.6) is 11.5 Å². The highest BCUT2D eigenvalue weighted by atomic mass is 16.7. The lowest BCUT2D eigenvalue weighted by Gasteiger charge is -2.40. The summed E-state index contributed by atoms with van der Waals surface area (Å²) in [6.07, 6.45) is -3.40. The second-order valence-corrected chi connectivity index (χ2v) is 7.19. The van der Waals surface area contributed by atoms with Crippen molar-refractivity contribution in [2.45, 2.75) is 37.6 Å². The molecule has 5 atom stereocenters. The van der Waals surface area contributed by atoms with Crippen LogP contribution in [0.4, 0.5) is 0 Å². The lowest BCUT2D eigenvalue weighted by atomic mass is 10.00. The number of aliphatic hydroxyl groups excluding tert-OH is 2. The van der Waals surface area contributed by atoms with Crippen molar-refractivity contribution in [3.63, 3.8) is 0 Å². The van der Waals surface area contributed by atoms with Gasteiger partial charge in [-0.15, -0.1) is 0 Å². The fourth-order valence-electron chi connectivity index (χ4n) is 3.50. The Labute approximate surface area is 171 Å². The van der Waals surface area contributed by atoms with Gasteiger partial charge in [-0.25, -0.2) is 0 Å². The van der Waals surface area contributed by atoms with Crippen LogP contribution in [0.15, 0.2) is 57.9 Å². The molecule has 3 aromatic rings. The number of benzene rings is 2. The summed E-state index contributed by atoms with van der Waals surface area (Å²) < 4.78 is 22.3. The highest BCUT2D eigenvalue weighted by Gasteiger charge is 2.44. The van der Waals surface area contributed by atoms with Crippen LogP contribution in [0.25, 0.3) is 22.1 Å². The molecule has 0 bridgehead atoms.